The van der Waals surface area contributed by atoms with Gasteiger partial charge in [0.25, 0.3) is 5.91 Å². The van der Waals surface area contributed by atoms with Crippen molar-refractivity contribution < 1.29 is 24.2 Å². The second-order valence-electron chi connectivity index (χ2n) is 5.34. The van der Waals surface area contributed by atoms with Gasteiger partial charge < -0.3 is 19.5 Å². The van der Waals surface area contributed by atoms with E-state index in [1.807, 2.05) is 6.07 Å². The Morgan fingerprint density at radius 3 is 2.57 bits per heavy atom. The molecule has 3 atom stereocenters. The van der Waals surface area contributed by atoms with Crippen LogP contribution in [0.1, 0.15) is 19.8 Å². The van der Waals surface area contributed by atoms with Gasteiger partial charge in [-0.1, -0.05) is 12.1 Å². The molecule has 1 aromatic rings. The molecule has 2 aliphatic rings. The molecule has 3 rings (SSSR count). The molecular formula is C15H17NO5. The molecule has 0 bridgehead atoms. The van der Waals surface area contributed by atoms with Crippen molar-refractivity contribution in [3.8, 4) is 11.5 Å². The fraction of sp³-hybridized carbons (Fsp3) is 0.467. The van der Waals surface area contributed by atoms with Gasteiger partial charge in [-0.2, -0.15) is 0 Å². The number of nitrogens with zero attached hydrogens (tertiary/aromatic N) is 1. The number of para-hydroxylation sites is 2. The van der Waals surface area contributed by atoms with E-state index in [1.165, 1.54) is 4.90 Å². The third kappa shape index (κ3) is 2.41. The summed E-state index contributed by atoms with van der Waals surface area (Å²) in [5.41, 5.74) is 0. The van der Waals surface area contributed by atoms with Crippen LogP contribution in [0.2, 0.25) is 0 Å². The Hall–Kier alpha value is -2.24. The number of carbonyl (C=O) groups is 2. The number of carboxylic acid groups (broad SMARTS) is 1. The molecule has 1 saturated heterocycles. The van der Waals surface area contributed by atoms with E-state index in [1.54, 1.807) is 25.1 Å². The molecule has 0 spiro atoms. The molecule has 0 aliphatic carbocycles. The molecule has 0 aromatic heterocycles. The molecule has 0 saturated carbocycles. The number of amides is 1. The van der Waals surface area contributed by atoms with Gasteiger partial charge >= 0.3 is 5.97 Å². The number of rotatable bonds is 2. The Labute approximate surface area is 122 Å². The second-order valence-corrected chi connectivity index (χ2v) is 5.34. The Bertz CT molecular complexity index is 573. The zero-order chi connectivity index (χ0) is 15.0. The maximum Gasteiger partial charge on any atom is 0.326 e. The number of likely N-dealkylation sites (tertiary alicyclic amines) is 1. The Morgan fingerprint density at radius 2 is 1.90 bits per heavy atom. The lowest BCUT2D eigenvalue weighted by Crippen LogP contribution is -2.53. The highest BCUT2D eigenvalue weighted by molar-refractivity contribution is 5.88. The van der Waals surface area contributed by atoms with Crippen LogP contribution in [-0.4, -0.2) is 46.7 Å². The van der Waals surface area contributed by atoms with Crippen LogP contribution >= 0.6 is 0 Å². The lowest BCUT2D eigenvalue weighted by molar-refractivity contribution is -0.154. The number of carbonyl (C=O) groups excluding carboxylic acids is 1. The summed E-state index contributed by atoms with van der Waals surface area (Å²) >= 11 is 0. The van der Waals surface area contributed by atoms with Crippen LogP contribution in [0.4, 0.5) is 0 Å². The molecule has 6 heteroatoms. The van der Waals surface area contributed by atoms with Crippen LogP contribution in [0.25, 0.3) is 0 Å². The summed E-state index contributed by atoms with van der Waals surface area (Å²) in [4.78, 5) is 25.2. The lowest BCUT2D eigenvalue weighted by Gasteiger charge is -2.34. The average molecular weight is 291 g/mol. The highest BCUT2D eigenvalue weighted by atomic mass is 16.6. The summed E-state index contributed by atoms with van der Waals surface area (Å²) < 4.78 is 11.4. The van der Waals surface area contributed by atoms with E-state index < -0.39 is 24.2 Å². The summed E-state index contributed by atoms with van der Waals surface area (Å²) in [6.07, 6.45) is -0.0803. The van der Waals surface area contributed by atoms with Crippen molar-refractivity contribution >= 4 is 11.9 Å². The molecule has 2 heterocycles. The van der Waals surface area contributed by atoms with E-state index >= 15 is 0 Å². The topological polar surface area (TPSA) is 76.1 Å². The van der Waals surface area contributed by atoms with Crippen molar-refractivity contribution in [2.45, 2.75) is 38.0 Å². The van der Waals surface area contributed by atoms with Crippen molar-refractivity contribution in [2.75, 3.05) is 6.54 Å². The van der Waals surface area contributed by atoms with E-state index in [4.69, 9.17) is 9.47 Å². The predicted molar refractivity (Wildman–Crippen MR) is 73.3 cm³/mol. The Morgan fingerprint density at radius 1 is 1.24 bits per heavy atom. The second kappa shape index (κ2) is 5.27. The molecule has 1 N–H and O–H groups in total. The number of aliphatic carboxylic acids is 1. The number of carboxylic acids is 1. The van der Waals surface area contributed by atoms with Crippen LogP contribution in [0.15, 0.2) is 24.3 Å². The van der Waals surface area contributed by atoms with Crippen LogP contribution in [0, 0.1) is 0 Å². The summed E-state index contributed by atoms with van der Waals surface area (Å²) in [7, 11) is 0. The fourth-order valence-electron chi connectivity index (χ4n) is 2.84. The van der Waals surface area contributed by atoms with Crippen LogP contribution in [0.5, 0.6) is 11.5 Å². The maximum absolute atomic E-state index is 12.6. The fourth-order valence-corrected chi connectivity index (χ4v) is 2.84. The molecule has 2 aliphatic heterocycles. The zero-order valence-electron chi connectivity index (χ0n) is 11.7. The normalized spacial score (nSPS) is 27.5. The van der Waals surface area contributed by atoms with Gasteiger partial charge in [-0.15, -0.1) is 0 Å². The van der Waals surface area contributed by atoms with Crippen molar-refractivity contribution in [1.29, 1.82) is 0 Å². The summed E-state index contributed by atoms with van der Waals surface area (Å²) in [5.74, 6) is -0.169. The molecule has 6 nitrogen and oxygen atoms in total. The smallest absolute Gasteiger partial charge is 0.326 e. The van der Waals surface area contributed by atoms with Crippen LogP contribution < -0.4 is 9.47 Å². The van der Waals surface area contributed by atoms with E-state index in [0.29, 0.717) is 30.9 Å². The van der Waals surface area contributed by atoms with Gasteiger partial charge in [0.05, 0.1) is 0 Å². The third-order valence-corrected chi connectivity index (χ3v) is 3.91. The van der Waals surface area contributed by atoms with Gasteiger partial charge in [0.1, 0.15) is 12.1 Å². The number of benzene rings is 1. The number of ether oxygens (including phenoxy) is 2. The summed E-state index contributed by atoms with van der Waals surface area (Å²) in [6.45, 7) is 2.20. The van der Waals surface area contributed by atoms with Gasteiger partial charge in [-0.05, 0) is 31.9 Å². The van der Waals surface area contributed by atoms with Gasteiger partial charge in [-0.3, -0.25) is 4.79 Å². The summed E-state index contributed by atoms with van der Waals surface area (Å²) in [6, 6.07) is 6.39. The van der Waals surface area contributed by atoms with Crippen LogP contribution in [-0.2, 0) is 9.59 Å². The summed E-state index contributed by atoms with van der Waals surface area (Å²) in [5, 5.41) is 9.19. The highest BCUT2D eigenvalue weighted by Crippen LogP contribution is 2.34. The van der Waals surface area contributed by atoms with Crippen molar-refractivity contribution in [2.24, 2.45) is 0 Å². The minimum Gasteiger partial charge on any atom is -0.482 e. The van der Waals surface area contributed by atoms with Gasteiger partial charge in [0.2, 0.25) is 6.10 Å². The molecule has 1 amide bonds. The van der Waals surface area contributed by atoms with E-state index in [2.05, 4.69) is 0 Å². The number of hydrogen-bond acceptors (Lipinski definition) is 4. The predicted octanol–water partition coefficient (Wildman–Crippen LogP) is 1.29. The minimum absolute atomic E-state index is 0.318. The minimum atomic E-state index is -0.967. The first kappa shape index (κ1) is 13.7. The molecule has 112 valence electrons. The number of hydrogen-bond donors (Lipinski definition) is 1. The molecule has 21 heavy (non-hydrogen) atoms. The molecule has 3 unspecified atom stereocenters. The SMILES string of the molecule is CC1Oc2ccccc2OC1C(=O)N1CCCC1C(=O)O. The molecule has 0 radical (unpaired) electrons. The third-order valence-electron chi connectivity index (χ3n) is 3.91. The monoisotopic (exact) mass is 291 g/mol. The van der Waals surface area contributed by atoms with E-state index in [9.17, 15) is 14.7 Å². The van der Waals surface area contributed by atoms with Crippen molar-refractivity contribution in [3.63, 3.8) is 0 Å². The molecule has 1 fully saturated rings. The first-order chi connectivity index (χ1) is 10.1. The quantitative estimate of drug-likeness (QED) is 0.888. The Balaban J connectivity index is 1.81. The van der Waals surface area contributed by atoms with Crippen molar-refractivity contribution in [3.05, 3.63) is 24.3 Å². The largest absolute Gasteiger partial charge is 0.482 e. The zero-order valence-corrected chi connectivity index (χ0v) is 11.7. The van der Waals surface area contributed by atoms with E-state index in [0.717, 1.165) is 0 Å². The van der Waals surface area contributed by atoms with Crippen LogP contribution in [0.3, 0.4) is 0 Å². The van der Waals surface area contributed by atoms with Gasteiger partial charge in [0, 0.05) is 6.54 Å². The van der Waals surface area contributed by atoms with Gasteiger partial charge in [-0.25, -0.2) is 4.79 Å². The van der Waals surface area contributed by atoms with Crippen molar-refractivity contribution in [1.82, 2.24) is 4.90 Å². The number of fused-ring (bicyclic) bond motifs is 1. The molecular weight excluding hydrogens is 274 g/mol. The molecule has 1 aromatic carbocycles. The maximum atomic E-state index is 12.6. The highest BCUT2D eigenvalue weighted by Gasteiger charge is 2.42. The Kier molecular flexibility index (Phi) is 3.45. The van der Waals surface area contributed by atoms with Gasteiger partial charge in [0.15, 0.2) is 11.5 Å². The first-order valence-electron chi connectivity index (χ1n) is 7.03. The first-order valence-corrected chi connectivity index (χ1v) is 7.03. The standard InChI is InChI=1S/C15H17NO5/c1-9-13(21-12-7-3-2-6-11(12)20-9)14(17)16-8-4-5-10(16)15(18)19/h2-3,6-7,9-10,13H,4-5,8H2,1H3,(H,18,19). The lowest BCUT2D eigenvalue weighted by atomic mass is 10.1. The van der Waals surface area contributed by atoms with E-state index in [-0.39, 0.29) is 5.91 Å². The average Bonchev–Trinajstić information content (AvgIpc) is 2.95.